The van der Waals surface area contributed by atoms with Crippen molar-refractivity contribution in [2.45, 2.75) is 55.6 Å². The molecule has 0 unspecified atom stereocenters. The first kappa shape index (κ1) is 16.0. The minimum atomic E-state index is -3.50. The number of imidazole rings is 1. The summed E-state index contributed by atoms with van der Waals surface area (Å²) in [4.78, 5) is 6.44. The first-order valence-electron chi connectivity index (χ1n) is 8.07. The smallest absolute Gasteiger partial charge is 0.262 e. The van der Waals surface area contributed by atoms with Crippen molar-refractivity contribution in [3.05, 3.63) is 12.5 Å². The van der Waals surface area contributed by atoms with Gasteiger partial charge in [0.15, 0.2) is 5.03 Å². The standard InChI is InChI=1S/C15H26N4O2S/c1-15-8-10-19(13(15)7-5-4-6-9-18(15)3)22(20,21)14-11-17(2)12-16-14/h11-13H,4-10H2,1-3H3/t13-,15-/m0/s1. The van der Waals surface area contributed by atoms with Crippen molar-refractivity contribution in [3.8, 4) is 0 Å². The molecule has 0 aromatic carbocycles. The summed E-state index contributed by atoms with van der Waals surface area (Å²) in [5.41, 5.74) is -0.0672. The minimum Gasteiger partial charge on any atom is -0.339 e. The molecule has 124 valence electrons. The third-order valence-corrected chi connectivity index (χ3v) is 7.30. The van der Waals surface area contributed by atoms with Gasteiger partial charge < -0.3 is 4.57 Å². The lowest BCUT2D eigenvalue weighted by Crippen LogP contribution is -2.55. The number of rotatable bonds is 2. The molecule has 2 saturated heterocycles. The van der Waals surface area contributed by atoms with Gasteiger partial charge in [0, 0.05) is 31.4 Å². The van der Waals surface area contributed by atoms with Gasteiger partial charge in [-0.3, -0.25) is 4.90 Å². The molecule has 0 aliphatic carbocycles. The van der Waals surface area contributed by atoms with Gasteiger partial charge in [0.25, 0.3) is 10.0 Å². The third kappa shape index (κ3) is 2.49. The maximum absolute atomic E-state index is 13.0. The summed E-state index contributed by atoms with van der Waals surface area (Å²) < 4.78 is 29.4. The van der Waals surface area contributed by atoms with Gasteiger partial charge in [-0.05, 0) is 39.8 Å². The van der Waals surface area contributed by atoms with Crippen LogP contribution in [0.3, 0.4) is 0 Å². The molecule has 2 aliphatic heterocycles. The van der Waals surface area contributed by atoms with Gasteiger partial charge in [-0.15, -0.1) is 0 Å². The number of fused-ring (bicyclic) bond motifs is 1. The molecule has 2 atom stereocenters. The van der Waals surface area contributed by atoms with E-state index in [0.717, 1.165) is 25.8 Å². The van der Waals surface area contributed by atoms with Crippen molar-refractivity contribution >= 4 is 10.0 Å². The van der Waals surface area contributed by atoms with Crippen molar-refractivity contribution in [1.29, 1.82) is 0 Å². The van der Waals surface area contributed by atoms with Crippen LogP contribution in [-0.4, -0.2) is 58.9 Å². The minimum absolute atomic E-state index is 0.0461. The number of likely N-dealkylation sites (tertiary alicyclic amines) is 1. The molecule has 3 heterocycles. The number of likely N-dealkylation sites (N-methyl/N-ethyl adjacent to an activating group) is 1. The van der Waals surface area contributed by atoms with Crippen LogP contribution < -0.4 is 0 Å². The van der Waals surface area contributed by atoms with E-state index >= 15 is 0 Å². The van der Waals surface area contributed by atoms with Crippen LogP contribution in [0.1, 0.15) is 39.0 Å². The number of hydrogen-bond donors (Lipinski definition) is 0. The van der Waals surface area contributed by atoms with E-state index < -0.39 is 10.0 Å². The number of nitrogens with zero attached hydrogens (tertiary/aromatic N) is 4. The van der Waals surface area contributed by atoms with Gasteiger partial charge in [0.05, 0.1) is 6.33 Å². The van der Waals surface area contributed by atoms with E-state index in [9.17, 15) is 8.42 Å². The van der Waals surface area contributed by atoms with Gasteiger partial charge in [-0.1, -0.05) is 12.8 Å². The molecule has 7 heteroatoms. The molecule has 1 aromatic heterocycles. The molecule has 0 spiro atoms. The Bertz CT molecular complexity index is 642. The molecule has 0 N–H and O–H groups in total. The zero-order valence-corrected chi connectivity index (χ0v) is 14.5. The fourth-order valence-electron chi connectivity index (χ4n) is 3.92. The lowest BCUT2D eigenvalue weighted by molar-refractivity contribution is 0.0876. The predicted octanol–water partition coefficient (Wildman–Crippen LogP) is 1.45. The van der Waals surface area contributed by atoms with E-state index in [4.69, 9.17) is 0 Å². The molecule has 3 rings (SSSR count). The molecule has 2 fully saturated rings. The summed E-state index contributed by atoms with van der Waals surface area (Å²) in [6, 6.07) is 0.0461. The Balaban J connectivity index is 1.95. The Morgan fingerprint density at radius 2 is 2.00 bits per heavy atom. The maximum atomic E-state index is 13.0. The quantitative estimate of drug-likeness (QED) is 0.825. The summed E-state index contributed by atoms with van der Waals surface area (Å²) in [6.45, 7) is 3.85. The molecule has 1 aromatic rings. The zero-order valence-electron chi connectivity index (χ0n) is 13.7. The first-order valence-corrected chi connectivity index (χ1v) is 9.51. The lowest BCUT2D eigenvalue weighted by Gasteiger charge is -2.43. The van der Waals surface area contributed by atoms with E-state index in [0.29, 0.717) is 6.54 Å². The largest absolute Gasteiger partial charge is 0.339 e. The molecule has 22 heavy (non-hydrogen) atoms. The highest BCUT2D eigenvalue weighted by Gasteiger charge is 2.51. The second-order valence-electron chi connectivity index (χ2n) is 6.89. The number of aromatic nitrogens is 2. The van der Waals surface area contributed by atoms with Gasteiger partial charge in [0.2, 0.25) is 0 Å². The van der Waals surface area contributed by atoms with E-state index in [1.165, 1.54) is 12.8 Å². The molecular formula is C15H26N4O2S. The van der Waals surface area contributed by atoms with Crippen LogP contribution in [0.15, 0.2) is 17.6 Å². The van der Waals surface area contributed by atoms with Crippen molar-refractivity contribution < 1.29 is 8.42 Å². The molecular weight excluding hydrogens is 300 g/mol. The SMILES string of the molecule is CN1CCCCC[C@@H]2N(S(=O)(=O)c3cn(C)cn3)CC[C@@]21C. The van der Waals surface area contributed by atoms with Crippen LogP contribution in [0.5, 0.6) is 0 Å². The number of hydrogen-bond acceptors (Lipinski definition) is 4. The van der Waals surface area contributed by atoms with Crippen LogP contribution in [-0.2, 0) is 17.1 Å². The Kier molecular flexibility index (Phi) is 4.07. The Morgan fingerprint density at radius 3 is 2.68 bits per heavy atom. The lowest BCUT2D eigenvalue weighted by atomic mass is 9.86. The van der Waals surface area contributed by atoms with E-state index in [-0.39, 0.29) is 16.6 Å². The molecule has 0 amide bonds. The van der Waals surface area contributed by atoms with Gasteiger partial charge in [0.1, 0.15) is 0 Å². The fourth-order valence-corrected chi connectivity index (χ4v) is 5.64. The summed E-state index contributed by atoms with van der Waals surface area (Å²) in [7, 11) is 0.426. The van der Waals surface area contributed by atoms with Crippen molar-refractivity contribution in [2.24, 2.45) is 7.05 Å². The molecule has 2 aliphatic rings. The van der Waals surface area contributed by atoms with Crippen LogP contribution in [0, 0.1) is 0 Å². The monoisotopic (exact) mass is 326 g/mol. The van der Waals surface area contributed by atoms with Gasteiger partial charge in [-0.2, -0.15) is 4.31 Å². The third-order valence-electron chi connectivity index (χ3n) is 5.50. The Labute approximate surface area is 133 Å². The molecule has 6 nitrogen and oxygen atoms in total. The Hall–Kier alpha value is -0.920. The topological polar surface area (TPSA) is 58.4 Å². The molecule has 0 bridgehead atoms. The predicted molar refractivity (Wildman–Crippen MR) is 85.0 cm³/mol. The van der Waals surface area contributed by atoms with Gasteiger partial charge >= 0.3 is 0 Å². The van der Waals surface area contributed by atoms with Crippen molar-refractivity contribution in [1.82, 2.24) is 18.8 Å². The average Bonchev–Trinajstić information content (AvgIpc) is 3.03. The van der Waals surface area contributed by atoms with Crippen LogP contribution in [0.25, 0.3) is 0 Å². The Morgan fingerprint density at radius 1 is 1.23 bits per heavy atom. The highest BCUT2D eigenvalue weighted by atomic mass is 32.2. The average molecular weight is 326 g/mol. The van der Waals surface area contributed by atoms with Gasteiger partial charge in [-0.25, -0.2) is 13.4 Å². The normalized spacial score (nSPS) is 31.7. The second-order valence-corrected chi connectivity index (χ2v) is 8.72. The van der Waals surface area contributed by atoms with Crippen molar-refractivity contribution in [2.75, 3.05) is 20.1 Å². The highest BCUT2D eigenvalue weighted by Crippen LogP contribution is 2.40. The number of aryl methyl sites for hydroxylation is 1. The summed E-state index contributed by atoms with van der Waals surface area (Å²) in [6.07, 6.45) is 8.44. The van der Waals surface area contributed by atoms with E-state index in [1.54, 1.807) is 28.4 Å². The second kappa shape index (κ2) is 5.62. The zero-order chi connectivity index (χ0) is 16.0. The van der Waals surface area contributed by atoms with E-state index in [2.05, 4.69) is 23.9 Å². The summed E-state index contributed by atoms with van der Waals surface area (Å²) in [5.74, 6) is 0. The van der Waals surface area contributed by atoms with Crippen LogP contribution in [0.4, 0.5) is 0 Å². The summed E-state index contributed by atoms with van der Waals surface area (Å²) in [5, 5.41) is 0.170. The first-order chi connectivity index (χ1) is 10.4. The molecule has 0 radical (unpaired) electrons. The fraction of sp³-hybridized carbons (Fsp3) is 0.800. The highest BCUT2D eigenvalue weighted by molar-refractivity contribution is 7.89. The van der Waals surface area contributed by atoms with Crippen molar-refractivity contribution in [3.63, 3.8) is 0 Å². The maximum Gasteiger partial charge on any atom is 0.262 e. The van der Waals surface area contributed by atoms with Crippen LogP contribution >= 0.6 is 0 Å². The summed E-state index contributed by atoms with van der Waals surface area (Å²) >= 11 is 0. The van der Waals surface area contributed by atoms with Crippen LogP contribution in [0.2, 0.25) is 0 Å². The van der Waals surface area contributed by atoms with E-state index in [1.807, 2.05) is 0 Å². The number of sulfonamides is 1. The molecule has 0 saturated carbocycles.